The summed E-state index contributed by atoms with van der Waals surface area (Å²) in [4.78, 5) is 0. The molecule has 0 unspecified atom stereocenters. The molecule has 0 aliphatic heterocycles. The molecule has 358 valence electrons. The maximum atomic E-state index is 10.4. The van der Waals surface area contributed by atoms with Crippen molar-refractivity contribution in [3.63, 3.8) is 0 Å². The zero-order valence-electron chi connectivity index (χ0n) is 41.5. The minimum Gasteiger partial charge on any atom is -0.507 e. The summed E-state index contributed by atoms with van der Waals surface area (Å²) >= 11 is 0. The first-order chi connectivity index (χ1) is 34.0. The van der Waals surface area contributed by atoms with E-state index in [1.54, 1.807) is 0 Å². The molecule has 71 heavy (non-hydrogen) atoms. The first-order valence-corrected chi connectivity index (χ1v) is 25.0. The molecule has 0 fully saturated rings. The van der Waals surface area contributed by atoms with Gasteiger partial charge in [-0.25, -0.2) is 0 Å². The van der Waals surface area contributed by atoms with Crippen molar-refractivity contribution in [3.05, 3.63) is 211 Å². The lowest BCUT2D eigenvalue weighted by atomic mass is 9.79. The highest BCUT2D eigenvalue weighted by molar-refractivity contribution is 5.89. The fourth-order valence-electron chi connectivity index (χ4n) is 12.3. The third kappa shape index (κ3) is 7.54. The van der Waals surface area contributed by atoms with Crippen LogP contribution in [0.2, 0.25) is 0 Å². The van der Waals surface area contributed by atoms with E-state index in [-0.39, 0.29) is 54.2 Å². The standard InChI is InChI=1S/C65H62O6/c1-63(2)55-27-37(7-9-39-23-45(33-66)61(70)46(24-39)34-67)11-17-49(55)51-19-13-41(29-57(51)63)43-15-21-53-54-22-16-44(32-60(54)65(5,6)59(53)31-43)42-14-20-52-50-18-12-38(28-56(50)64(3,4)58(52)30-42)8-10-40-25-47(35-68)62(71)48(26-40)36-69/h11-32,66-71H,7-10,33-36H2,1-6H3. The molecule has 8 aromatic rings. The van der Waals surface area contributed by atoms with Crippen LogP contribution in [0, 0.1) is 0 Å². The second-order valence-corrected chi connectivity index (χ2v) is 21.8. The van der Waals surface area contributed by atoms with Gasteiger partial charge >= 0.3 is 0 Å². The molecule has 0 aromatic heterocycles. The lowest BCUT2D eigenvalue weighted by Crippen LogP contribution is -2.16. The minimum atomic E-state index is -0.274. The lowest BCUT2D eigenvalue weighted by Gasteiger charge is -2.24. The fourth-order valence-corrected chi connectivity index (χ4v) is 12.3. The maximum Gasteiger partial charge on any atom is 0.126 e. The van der Waals surface area contributed by atoms with E-state index in [4.69, 9.17) is 0 Å². The molecule has 0 radical (unpaired) electrons. The molecule has 0 saturated carbocycles. The summed E-state index contributed by atoms with van der Waals surface area (Å²) in [7, 11) is 0. The van der Waals surface area contributed by atoms with Gasteiger partial charge in [0, 0.05) is 38.5 Å². The SMILES string of the molecule is CC1(C)c2cc(CCc3cc(CO)c(O)c(CO)c3)ccc2-c2ccc(-c3ccc4c(c3)C(C)(C)c3cc(-c5ccc6c(c5)C(C)(C)c5cc(CCc7cc(CO)c(O)c(CO)c7)ccc5-6)ccc3-4)cc21. The Morgan fingerprint density at radius 2 is 0.507 bits per heavy atom. The molecule has 3 aliphatic carbocycles. The third-order valence-corrected chi connectivity index (χ3v) is 16.6. The molecule has 0 saturated heterocycles. The molecular weight excluding hydrogens is 877 g/mol. The van der Waals surface area contributed by atoms with Crippen molar-refractivity contribution in [2.24, 2.45) is 0 Å². The van der Waals surface area contributed by atoms with Gasteiger partial charge in [0.1, 0.15) is 11.5 Å². The maximum absolute atomic E-state index is 10.4. The highest BCUT2D eigenvalue weighted by atomic mass is 16.3. The number of rotatable bonds is 12. The van der Waals surface area contributed by atoms with Gasteiger partial charge in [0.05, 0.1) is 26.4 Å². The van der Waals surface area contributed by atoms with Gasteiger partial charge < -0.3 is 30.6 Å². The van der Waals surface area contributed by atoms with Gasteiger partial charge in [-0.2, -0.15) is 0 Å². The predicted octanol–water partition coefficient (Wildman–Crippen LogP) is 12.9. The van der Waals surface area contributed by atoms with Crippen molar-refractivity contribution in [3.8, 4) is 67.1 Å². The lowest BCUT2D eigenvalue weighted by molar-refractivity contribution is 0.263. The number of fused-ring (bicyclic) bond motifs is 9. The number of hydrogen-bond acceptors (Lipinski definition) is 6. The predicted molar refractivity (Wildman–Crippen MR) is 285 cm³/mol. The normalized spacial score (nSPS) is 15.0. The Bertz CT molecular complexity index is 3200. The summed E-state index contributed by atoms with van der Waals surface area (Å²) < 4.78 is 0. The monoisotopic (exact) mass is 938 g/mol. The van der Waals surface area contributed by atoms with Gasteiger partial charge in [-0.05, 0) is 185 Å². The number of phenols is 2. The van der Waals surface area contributed by atoms with Crippen LogP contribution >= 0.6 is 0 Å². The van der Waals surface area contributed by atoms with Crippen LogP contribution in [-0.2, 0) is 68.4 Å². The number of aliphatic hydroxyl groups is 4. The van der Waals surface area contributed by atoms with Crippen LogP contribution in [0.1, 0.15) is 119 Å². The van der Waals surface area contributed by atoms with Gasteiger partial charge in [0.2, 0.25) is 0 Å². The highest BCUT2D eigenvalue weighted by Crippen LogP contribution is 2.54. The van der Waals surface area contributed by atoms with Crippen molar-refractivity contribution >= 4 is 0 Å². The van der Waals surface area contributed by atoms with Crippen molar-refractivity contribution in [2.45, 2.75) is 110 Å². The first kappa shape index (κ1) is 46.6. The van der Waals surface area contributed by atoms with Gasteiger partial charge in [-0.1, -0.05) is 126 Å². The Kier molecular flexibility index (Phi) is 11.3. The number of aryl methyl sites for hydroxylation is 4. The molecule has 0 bridgehead atoms. The van der Waals surface area contributed by atoms with Crippen LogP contribution in [0.5, 0.6) is 11.5 Å². The Morgan fingerprint density at radius 3 is 0.761 bits per heavy atom. The second-order valence-electron chi connectivity index (χ2n) is 21.8. The van der Waals surface area contributed by atoms with E-state index in [1.807, 2.05) is 24.3 Å². The average molecular weight is 939 g/mol. The Balaban J connectivity index is 0.826. The molecule has 6 N–H and O–H groups in total. The van der Waals surface area contributed by atoms with E-state index in [2.05, 4.69) is 151 Å². The van der Waals surface area contributed by atoms with Gasteiger partial charge in [0.25, 0.3) is 0 Å². The largest absolute Gasteiger partial charge is 0.507 e. The number of aromatic hydroxyl groups is 2. The van der Waals surface area contributed by atoms with Crippen LogP contribution in [0.25, 0.3) is 55.6 Å². The van der Waals surface area contributed by atoms with Crippen molar-refractivity contribution in [1.29, 1.82) is 0 Å². The fraction of sp³-hybridized carbons (Fsp3) is 0.262. The molecule has 3 aliphatic rings. The van der Waals surface area contributed by atoms with Gasteiger partial charge in [-0.3, -0.25) is 0 Å². The molecule has 6 heteroatoms. The van der Waals surface area contributed by atoms with Crippen molar-refractivity contribution in [1.82, 2.24) is 0 Å². The van der Waals surface area contributed by atoms with E-state index in [1.165, 1.54) is 100 Å². The molecule has 0 atom stereocenters. The molecule has 8 aromatic carbocycles. The molecular formula is C65H62O6. The van der Waals surface area contributed by atoms with Crippen molar-refractivity contribution in [2.75, 3.05) is 0 Å². The Labute approximate surface area is 417 Å². The minimum absolute atomic E-state index is 0.0291. The van der Waals surface area contributed by atoms with Crippen molar-refractivity contribution < 1.29 is 30.6 Å². The van der Waals surface area contributed by atoms with E-state index < -0.39 is 0 Å². The van der Waals surface area contributed by atoms with E-state index in [0.717, 1.165) is 36.8 Å². The van der Waals surface area contributed by atoms with Crippen LogP contribution in [0.3, 0.4) is 0 Å². The Hall–Kier alpha value is -6.80. The van der Waals surface area contributed by atoms with Gasteiger partial charge in [-0.15, -0.1) is 0 Å². The second kappa shape index (κ2) is 17.2. The van der Waals surface area contributed by atoms with Crippen LogP contribution in [0.4, 0.5) is 0 Å². The number of benzene rings is 8. The van der Waals surface area contributed by atoms with Crippen LogP contribution in [0.15, 0.2) is 133 Å². The molecule has 0 heterocycles. The highest BCUT2D eigenvalue weighted by Gasteiger charge is 2.39. The van der Waals surface area contributed by atoms with Crippen LogP contribution in [-0.4, -0.2) is 30.6 Å². The van der Waals surface area contributed by atoms with Gasteiger partial charge in [0.15, 0.2) is 0 Å². The third-order valence-electron chi connectivity index (χ3n) is 16.6. The summed E-state index contributed by atoms with van der Waals surface area (Å²) in [5, 5.41) is 59.9. The zero-order chi connectivity index (χ0) is 49.7. The summed E-state index contributed by atoms with van der Waals surface area (Å²) in [5.74, 6) is -0.0583. The summed E-state index contributed by atoms with van der Waals surface area (Å²) in [6.45, 7) is 13.0. The molecule has 0 spiro atoms. The summed E-state index contributed by atoms with van der Waals surface area (Å²) in [6.07, 6.45) is 3.07. The first-order valence-electron chi connectivity index (χ1n) is 25.0. The quantitative estimate of drug-likeness (QED) is 0.0726. The molecule has 11 rings (SSSR count). The van der Waals surface area contributed by atoms with Crippen LogP contribution < -0.4 is 0 Å². The summed E-state index contributed by atoms with van der Waals surface area (Å²) in [6, 6.07) is 49.1. The van der Waals surface area contributed by atoms with E-state index in [0.29, 0.717) is 22.3 Å². The zero-order valence-corrected chi connectivity index (χ0v) is 41.5. The molecule has 6 nitrogen and oxygen atoms in total. The van der Waals surface area contributed by atoms with E-state index in [9.17, 15) is 30.6 Å². The van der Waals surface area contributed by atoms with E-state index >= 15 is 0 Å². The average Bonchev–Trinajstić information content (AvgIpc) is 3.85. The Morgan fingerprint density at radius 1 is 0.282 bits per heavy atom. The summed E-state index contributed by atoms with van der Waals surface area (Å²) in [5.41, 5.74) is 26.2. The topological polar surface area (TPSA) is 121 Å². The number of aliphatic hydroxyl groups excluding tert-OH is 4. The number of hydrogen-bond donors (Lipinski definition) is 6. The molecule has 0 amide bonds. The smallest absolute Gasteiger partial charge is 0.126 e.